The fraction of sp³-hybridized carbons (Fsp3) is 0.286. The van der Waals surface area contributed by atoms with Crippen LogP contribution in [0.15, 0.2) is 53.8 Å². The fourth-order valence-electron chi connectivity index (χ4n) is 3.11. The molecule has 3 aromatic rings. The number of imidazole rings is 1. The van der Waals surface area contributed by atoms with E-state index in [9.17, 15) is 4.79 Å². The van der Waals surface area contributed by atoms with Gasteiger partial charge >= 0.3 is 0 Å². The van der Waals surface area contributed by atoms with Crippen LogP contribution in [0.2, 0.25) is 0 Å². The molecule has 162 valence electrons. The molecule has 0 saturated carbocycles. The molecule has 31 heavy (non-hydrogen) atoms. The van der Waals surface area contributed by atoms with E-state index in [1.807, 2.05) is 73.1 Å². The highest BCUT2D eigenvalue weighted by Crippen LogP contribution is 2.30. The van der Waals surface area contributed by atoms with Gasteiger partial charge in [0.1, 0.15) is 11.6 Å². The Hall–Kier alpha value is -3.24. The minimum absolute atomic E-state index is 0.0140. The summed E-state index contributed by atoms with van der Waals surface area (Å²) in [5, 5.41) is 13.5. The van der Waals surface area contributed by atoms with Gasteiger partial charge in [0.25, 0.3) is 0 Å². The van der Waals surface area contributed by atoms with Crippen molar-refractivity contribution in [3.63, 3.8) is 0 Å². The molecule has 0 spiro atoms. The third kappa shape index (κ3) is 5.28. The van der Waals surface area contributed by atoms with Crippen LogP contribution < -0.4 is 10.6 Å². The highest BCUT2D eigenvalue weighted by Gasteiger charge is 2.19. The Morgan fingerprint density at radius 2 is 2.13 bits per heavy atom. The van der Waals surface area contributed by atoms with Crippen molar-refractivity contribution in [2.75, 3.05) is 30.8 Å². The molecule has 0 aliphatic carbocycles. The lowest BCUT2D eigenvalue weighted by atomic mass is 10.3. The first-order valence-corrected chi connectivity index (χ1v) is 10.8. The number of aryl methyl sites for hydroxylation is 1. The molecule has 1 aliphatic rings. The fourth-order valence-corrected chi connectivity index (χ4v) is 3.97. The van der Waals surface area contributed by atoms with Gasteiger partial charge in [0.05, 0.1) is 19.3 Å². The monoisotopic (exact) mass is 438 g/mol. The molecule has 3 N–H and O–H groups in total. The van der Waals surface area contributed by atoms with Crippen molar-refractivity contribution in [2.24, 2.45) is 0 Å². The van der Waals surface area contributed by atoms with Crippen LogP contribution in [0.25, 0.3) is 5.82 Å². The molecule has 1 aromatic carbocycles. The molecule has 10 heteroatoms. The molecule has 0 atom stereocenters. The van der Waals surface area contributed by atoms with Gasteiger partial charge in [-0.3, -0.25) is 19.4 Å². The van der Waals surface area contributed by atoms with Crippen molar-refractivity contribution >= 4 is 35.2 Å². The number of amides is 1. The zero-order valence-corrected chi connectivity index (χ0v) is 18.6. The van der Waals surface area contributed by atoms with E-state index in [1.165, 1.54) is 0 Å². The zero-order valence-electron chi connectivity index (χ0n) is 17.8. The minimum atomic E-state index is -0.0140. The highest BCUT2D eigenvalue weighted by molar-refractivity contribution is 7.97. The SMILES string of the molecule is CCN(C)CC(=O)Nc1ccc(SN2C=C(Nc3cc(C)[nH]n3)n3ccnc3C2)cc1. The molecule has 1 aliphatic heterocycles. The average Bonchev–Trinajstić information content (AvgIpc) is 3.38. The summed E-state index contributed by atoms with van der Waals surface area (Å²) in [6.45, 7) is 5.87. The van der Waals surface area contributed by atoms with Crippen molar-refractivity contribution in [3.8, 4) is 0 Å². The number of anilines is 2. The summed E-state index contributed by atoms with van der Waals surface area (Å²) in [6, 6.07) is 9.81. The van der Waals surface area contributed by atoms with Crippen LogP contribution in [-0.2, 0) is 11.3 Å². The van der Waals surface area contributed by atoms with Crippen molar-refractivity contribution in [3.05, 3.63) is 60.4 Å². The third-order valence-electron chi connectivity index (χ3n) is 4.82. The Balaban J connectivity index is 1.42. The number of nitrogens with one attached hydrogen (secondary N) is 3. The topological polar surface area (TPSA) is 94.1 Å². The molecule has 0 unspecified atom stereocenters. The molecule has 0 radical (unpaired) electrons. The first kappa shape index (κ1) is 21.0. The molecule has 2 aromatic heterocycles. The minimum Gasteiger partial charge on any atom is -0.325 e. The Morgan fingerprint density at radius 1 is 1.32 bits per heavy atom. The largest absolute Gasteiger partial charge is 0.325 e. The average molecular weight is 439 g/mol. The number of nitrogens with zero attached hydrogens (tertiary/aromatic N) is 5. The first-order valence-electron chi connectivity index (χ1n) is 10.1. The van der Waals surface area contributed by atoms with Crippen molar-refractivity contribution in [2.45, 2.75) is 25.3 Å². The van der Waals surface area contributed by atoms with E-state index in [1.54, 1.807) is 18.1 Å². The van der Waals surface area contributed by atoms with Crippen LogP contribution in [-0.4, -0.2) is 55.0 Å². The van der Waals surface area contributed by atoms with Gasteiger partial charge in [-0.05, 0) is 56.7 Å². The van der Waals surface area contributed by atoms with Gasteiger partial charge in [0, 0.05) is 34.7 Å². The quantitative estimate of drug-likeness (QED) is 0.465. The first-order chi connectivity index (χ1) is 15.0. The van der Waals surface area contributed by atoms with Crippen LogP contribution in [0.1, 0.15) is 18.4 Å². The van der Waals surface area contributed by atoms with Crippen LogP contribution in [0, 0.1) is 6.92 Å². The second kappa shape index (κ2) is 9.27. The Kier molecular flexibility index (Phi) is 6.28. The predicted octanol–water partition coefficient (Wildman–Crippen LogP) is 3.20. The summed E-state index contributed by atoms with van der Waals surface area (Å²) in [5.74, 6) is 2.55. The number of carbonyl (C=O) groups excluding carboxylic acids is 1. The number of aromatic amines is 1. The summed E-state index contributed by atoms with van der Waals surface area (Å²) >= 11 is 1.61. The second-order valence-electron chi connectivity index (χ2n) is 7.36. The Labute approximate surface area is 185 Å². The van der Waals surface area contributed by atoms with Crippen molar-refractivity contribution in [1.82, 2.24) is 29.0 Å². The molecular formula is C21H26N8OS. The molecule has 1 amide bonds. The molecule has 9 nitrogen and oxygen atoms in total. The maximum Gasteiger partial charge on any atom is 0.238 e. The number of rotatable bonds is 8. The van der Waals surface area contributed by atoms with Gasteiger partial charge in [-0.15, -0.1) is 0 Å². The third-order valence-corrected chi connectivity index (χ3v) is 5.77. The normalized spacial score (nSPS) is 13.2. The molecular weight excluding hydrogens is 412 g/mol. The standard InChI is InChI=1S/C21H26N8OS/c1-4-27(3)14-21(30)23-16-5-7-17(8-6-16)31-28-12-19-22-9-10-29(19)20(13-28)24-18-11-15(2)25-26-18/h5-11,13H,4,12,14H2,1-3H3,(H,23,30)(H2,24,25,26). The summed E-state index contributed by atoms with van der Waals surface area (Å²) < 4.78 is 4.14. The van der Waals surface area contributed by atoms with Crippen molar-refractivity contribution in [1.29, 1.82) is 0 Å². The number of benzene rings is 1. The van der Waals surface area contributed by atoms with Crippen LogP contribution >= 0.6 is 11.9 Å². The number of likely N-dealkylation sites (N-methyl/N-ethyl adjacent to an activating group) is 1. The molecule has 0 saturated heterocycles. The Morgan fingerprint density at radius 3 is 2.84 bits per heavy atom. The predicted molar refractivity (Wildman–Crippen MR) is 123 cm³/mol. The number of hydrogen-bond acceptors (Lipinski definition) is 7. The number of fused-ring (bicyclic) bond motifs is 1. The maximum absolute atomic E-state index is 12.1. The van der Waals surface area contributed by atoms with Crippen LogP contribution in [0.5, 0.6) is 0 Å². The lowest BCUT2D eigenvalue weighted by molar-refractivity contribution is -0.117. The van der Waals surface area contributed by atoms with Crippen molar-refractivity contribution < 1.29 is 4.79 Å². The number of aromatic nitrogens is 4. The molecule has 0 fully saturated rings. The van der Waals surface area contributed by atoms with E-state index in [-0.39, 0.29) is 5.91 Å². The zero-order chi connectivity index (χ0) is 21.8. The van der Waals surface area contributed by atoms with E-state index >= 15 is 0 Å². The van der Waals surface area contributed by atoms with E-state index in [0.717, 1.165) is 40.3 Å². The highest BCUT2D eigenvalue weighted by atomic mass is 32.2. The molecule has 3 heterocycles. The van der Waals surface area contributed by atoms with Gasteiger partial charge in [0.15, 0.2) is 5.82 Å². The lowest BCUT2D eigenvalue weighted by Gasteiger charge is -2.26. The summed E-state index contributed by atoms with van der Waals surface area (Å²) in [4.78, 5) is 19.6. The summed E-state index contributed by atoms with van der Waals surface area (Å²) in [7, 11) is 1.92. The van der Waals surface area contributed by atoms with Gasteiger partial charge < -0.3 is 14.9 Å². The van der Waals surface area contributed by atoms with E-state index < -0.39 is 0 Å². The number of H-pyrrole nitrogens is 1. The second-order valence-corrected chi connectivity index (χ2v) is 8.48. The van der Waals surface area contributed by atoms with Gasteiger partial charge in [-0.1, -0.05) is 6.92 Å². The smallest absolute Gasteiger partial charge is 0.238 e. The molecule has 0 bridgehead atoms. The van der Waals surface area contributed by atoms with Gasteiger partial charge in [-0.25, -0.2) is 4.98 Å². The molecule has 4 rings (SSSR count). The van der Waals surface area contributed by atoms with Gasteiger partial charge in [-0.2, -0.15) is 5.10 Å². The lowest BCUT2D eigenvalue weighted by Crippen LogP contribution is -2.29. The summed E-state index contributed by atoms with van der Waals surface area (Å²) in [6.07, 6.45) is 5.77. The van der Waals surface area contributed by atoms with E-state index in [2.05, 4.69) is 30.1 Å². The van der Waals surface area contributed by atoms with E-state index in [4.69, 9.17) is 0 Å². The number of carbonyl (C=O) groups is 1. The summed E-state index contributed by atoms with van der Waals surface area (Å²) in [5.41, 5.74) is 1.78. The number of hydrogen-bond donors (Lipinski definition) is 3. The maximum atomic E-state index is 12.1. The Bertz CT molecular complexity index is 1070. The van der Waals surface area contributed by atoms with Crippen LogP contribution in [0.4, 0.5) is 11.5 Å². The van der Waals surface area contributed by atoms with Crippen LogP contribution in [0.3, 0.4) is 0 Å². The van der Waals surface area contributed by atoms with E-state index in [0.29, 0.717) is 13.1 Å². The van der Waals surface area contributed by atoms with Gasteiger partial charge in [0.2, 0.25) is 5.91 Å².